The van der Waals surface area contributed by atoms with E-state index in [0.29, 0.717) is 12.0 Å². The van der Waals surface area contributed by atoms with Crippen molar-refractivity contribution < 1.29 is 12.8 Å². The molecular formula is C13H17FN4O2S. The summed E-state index contributed by atoms with van der Waals surface area (Å²) >= 11 is 0. The minimum absolute atomic E-state index is 0.0131. The minimum Gasteiger partial charge on any atom is -0.326 e. The van der Waals surface area contributed by atoms with Crippen LogP contribution in [0.3, 0.4) is 0 Å². The van der Waals surface area contributed by atoms with Crippen molar-refractivity contribution in [2.75, 3.05) is 6.54 Å². The van der Waals surface area contributed by atoms with Crippen LogP contribution in [0.4, 0.5) is 4.39 Å². The second-order valence-electron chi connectivity index (χ2n) is 4.65. The number of aromatic amines is 1. The van der Waals surface area contributed by atoms with Gasteiger partial charge in [-0.15, -0.1) is 0 Å². The second-order valence-corrected chi connectivity index (χ2v) is 6.35. The maximum atomic E-state index is 13.0. The van der Waals surface area contributed by atoms with E-state index in [4.69, 9.17) is 5.73 Å². The van der Waals surface area contributed by atoms with E-state index in [0.717, 1.165) is 11.1 Å². The minimum atomic E-state index is -3.67. The first kappa shape index (κ1) is 15.6. The molecule has 0 bridgehead atoms. The Balaban J connectivity index is 2.02. The van der Waals surface area contributed by atoms with E-state index in [1.165, 1.54) is 18.3 Å². The van der Waals surface area contributed by atoms with E-state index in [9.17, 15) is 12.8 Å². The summed E-state index contributed by atoms with van der Waals surface area (Å²) in [4.78, 5) is 0. The first-order chi connectivity index (χ1) is 9.94. The standard InChI is InChI=1S/C13H17FN4O2S/c1-9-6-12(14)3-2-10(9)4-5-17-21(19,20)13-11(7-15)8-16-18-13/h2-3,6,8,17H,4-5,7,15H2,1H3,(H,16,18). The number of hydrogen-bond donors (Lipinski definition) is 3. The van der Waals surface area contributed by atoms with Gasteiger partial charge in [0.1, 0.15) is 5.82 Å². The molecule has 114 valence electrons. The number of aryl methyl sites for hydroxylation is 1. The second kappa shape index (κ2) is 6.33. The number of nitrogens with two attached hydrogens (primary N) is 1. The fraction of sp³-hybridized carbons (Fsp3) is 0.308. The molecule has 1 heterocycles. The van der Waals surface area contributed by atoms with Crippen molar-refractivity contribution in [1.29, 1.82) is 0 Å². The number of H-pyrrole nitrogens is 1. The zero-order valence-electron chi connectivity index (χ0n) is 11.6. The van der Waals surface area contributed by atoms with Crippen LogP contribution >= 0.6 is 0 Å². The first-order valence-electron chi connectivity index (χ1n) is 6.41. The van der Waals surface area contributed by atoms with Crippen molar-refractivity contribution in [2.24, 2.45) is 5.73 Å². The van der Waals surface area contributed by atoms with Gasteiger partial charge in [-0.1, -0.05) is 6.07 Å². The molecule has 0 fully saturated rings. The predicted molar refractivity (Wildman–Crippen MR) is 76.5 cm³/mol. The maximum absolute atomic E-state index is 13.0. The van der Waals surface area contributed by atoms with Crippen LogP contribution in [0.2, 0.25) is 0 Å². The summed E-state index contributed by atoms with van der Waals surface area (Å²) in [7, 11) is -3.67. The molecule has 2 rings (SSSR count). The third kappa shape index (κ3) is 3.66. The average Bonchev–Trinajstić information content (AvgIpc) is 2.90. The number of sulfonamides is 1. The number of nitrogens with zero attached hydrogens (tertiary/aromatic N) is 1. The molecule has 8 heteroatoms. The van der Waals surface area contributed by atoms with Gasteiger partial charge in [-0.3, -0.25) is 5.10 Å². The van der Waals surface area contributed by atoms with Gasteiger partial charge in [-0.05, 0) is 36.6 Å². The molecule has 0 amide bonds. The van der Waals surface area contributed by atoms with E-state index >= 15 is 0 Å². The van der Waals surface area contributed by atoms with Crippen molar-refractivity contribution in [1.82, 2.24) is 14.9 Å². The maximum Gasteiger partial charge on any atom is 0.257 e. The van der Waals surface area contributed by atoms with Crippen molar-refractivity contribution in [3.63, 3.8) is 0 Å². The van der Waals surface area contributed by atoms with Crippen molar-refractivity contribution in [3.05, 3.63) is 46.9 Å². The largest absolute Gasteiger partial charge is 0.326 e. The van der Waals surface area contributed by atoms with Crippen LogP contribution in [-0.4, -0.2) is 25.2 Å². The van der Waals surface area contributed by atoms with Crippen molar-refractivity contribution >= 4 is 10.0 Å². The van der Waals surface area contributed by atoms with Crippen molar-refractivity contribution in [2.45, 2.75) is 24.9 Å². The molecule has 0 aliphatic carbocycles. The number of halogens is 1. The summed E-state index contributed by atoms with van der Waals surface area (Å²) in [5.74, 6) is -0.304. The van der Waals surface area contributed by atoms with Gasteiger partial charge in [-0.25, -0.2) is 17.5 Å². The molecule has 0 atom stereocenters. The van der Waals surface area contributed by atoms with Crippen LogP contribution in [0, 0.1) is 12.7 Å². The highest BCUT2D eigenvalue weighted by Gasteiger charge is 2.19. The van der Waals surface area contributed by atoms with Crippen LogP contribution in [0.1, 0.15) is 16.7 Å². The van der Waals surface area contributed by atoms with E-state index < -0.39 is 10.0 Å². The number of benzene rings is 1. The Morgan fingerprint density at radius 1 is 1.38 bits per heavy atom. The molecule has 0 saturated carbocycles. The molecule has 2 aromatic rings. The number of nitrogens with one attached hydrogen (secondary N) is 2. The highest BCUT2D eigenvalue weighted by atomic mass is 32.2. The molecule has 0 spiro atoms. The summed E-state index contributed by atoms with van der Waals surface area (Å²) in [5.41, 5.74) is 7.57. The number of rotatable bonds is 6. The molecule has 0 unspecified atom stereocenters. The zero-order chi connectivity index (χ0) is 15.5. The van der Waals surface area contributed by atoms with Gasteiger partial charge in [-0.2, -0.15) is 5.10 Å². The lowest BCUT2D eigenvalue weighted by molar-refractivity contribution is 0.575. The van der Waals surface area contributed by atoms with Crippen LogP contribution in [0.15, 0.2) is 29.4 Å². The van der Waals surface area contributed by atoms with E-state index in [1.807, 2.05) is 0 Å². The molecule has 21 heavy (non-hydrogen) atoms. The van der Waals surface area contributed by atoms with Crippen LogP contribution in [-0.2, 0) is 23.0 Å². The van der Waals surface area contributed by atoms with Gasteiger partial charge >= 0.3 is 0 Å². The Bertz CT molecular complexity index is 728. The number of hydrogen-bond acceptors (Lipinski definition) is 4. The Kier molecular flexibility index (Phi) is 4.71. The van der Waals surface area contributed by atoms with E-state index in [-0.39, 0.29) is 23.9 Å². The Morgan fingerprint density at radius 2 is 2.14 bits per heavy atom. The van der Waals surface area contributed by atoms with Crippen LogP contribution in [0.25, 0.3) is 0 Å². The summed E-state index contributed by atoms with van der Waals surface area (Å²) in [6.45, 7) is 2.08. The average molecular weight is 312 g/mol. The molecule has 0 radical (unpaired) electrons. The Labute approximate surface area is 122 Å². The molecule has 0 saturated heterocycles. The summed E-state index contributed by atoms with van der Waals surface area (Å²) in [6, 6.07) is 4.43. The summed E-state index contributed by atoms with van der Waals surface area (Å²) < 4.78 is 39.7. The fourth-order valence-electron chi connectivity index (χ4n) is 2.01. The normalized spacial score (nSPS) is 11.8. The van der Waals surface area contributed by atoms with Gasteiger partial charge in [0.05, 0.1) is 6.20 Å². The van der Waals surface area contributed by atoms with Gasteiger partial charge in [0.25, 0.3) is 10.0 Å². The van der Waals surface area contributed by atoms with Gasteiger partial charge in [0, 0.05) is 18.7 Å². The lowest BCUT2D eigenvalue weighted by Gasteiger charge is -2.08. The van der Waals surface area contributed by atoms with Gasteiger partial charge < -0.3 is 5.73 Å². The SMILES string of the molecule is Cc1cc(F)ccc1CCNS(=O)(=O)c1[nH]ncc1CN. The highest BCUT2D eigenvalue weighted by Crippen LogP contribution is 2.12. The number of aromatic nitrogens is 2. The molecular weight excluding hydrogens is 295 g/mol. The van der Waals surface area contributed by atoms with Crippen LogP contribution < -0.4 is 10.5 Å². The topological polar surface area (TPSA) is 101 Å². The van der Waals surface area contributed by atoms with Gasteiger partial charge in [0.15, 0.2) is 5.03 Å². The summed E-state index contributed by atoms with van der Waals surface area (Å²) in [5, 5.41) is 6.10. The fourth-order valence-corrected chi connectivity index (χ4v) is 3.18. The molecule has 1 aromatic heterocycles. The monoisotopic (exact) mass is 312 g/mol. The molecule has 4 N–H and O–H groups in total. The lowest BCUT2D eigenvalue weighted by Crippen LogP contribution is -2.27. The smallest absolute Gasteiger partial charge is 0.257 e. The van der Waals surface area contributed by atoms with E-state index in [2.05, 4.69) is 14.9 Å². The quantitative estimate of drug-likeness (QED) is 0.735. The van der Waals surface area contributed by atoms with Gasteiger partial charge in [0.2, 0.25) is 0 Å². The van der Waals surface area contributed by atoms with Crippen molar-refractivity contribution in [3.8, 4) is 0 Å². The molecule has 0 aliphatic heterocycles. The predicted octanol–water partition coefficient (Wildman–Crippen LogP) is 0.837. The van der Waals surface area contributed by atoms with Crippen LogP contribution in [0.5, 0.6) is 0 Å². The molecule has 0 aliphatic rings. The zero-order valence-corrected chi connectivity index (χ0v) is 12.4. The Morgan fingerprint density at radius 3 is 2.81 bits per heavy atom. The summed E-state index contributed by atoms with van der Waals surface area (Å²) in [6.07, 6.45) is 1.86. The molecule has 6 nitrogen and oxygen atoms in total. The lowest BCUT2D eigenvalue weighted by atomic mass is 10.1. The molecule has 1 aromatic carbocycles. The highest BCUT2D eigenvalue weighted by molar-refractivity contribution is 7.89. The third-order valence-corrected chi connectivity index (χ3v) is 4.63. The third-order valence-electron chi connectivity index (χ3n) is 3.16. The Hall–Kier alpha value is -1.77. The first-order valence-corrected chi connectivity index (χ1v) is 7.89. The van der Waals surface area contributed by atoms with E-state index in [1.54, 1.807) is 13.0 Å².